The maximum Gasteiger partial charge on any atom is 0.263 e. The van der Waals surface area contributed by atoms with E-state index in [0.717, 1.165) is 6.42 Å². The SMILES string of the molecule is COc1ccc(S(=O)(=O)Nc2nc3ccccc3nc2OCCC(C)C)cc1. The summed E-state index contributed by atoms with van der Waals surface area (Å²) in [4.78, 5) is 8.95. The third kappa shape index (κ3) is 4.69. The van der Waals surface area contributed by atoms with Crippen LogP contribution in [0.15, 0.2) is 53.4 Å². The number of fused-ring (bicyclic) bond motifs is 1. The molecule has 1 N–H and O–H groups in total. The standard InChI is InChI=1S/C20H23N3O4S/c1-14(2)12-13-27-20-19(21-17-6-4-5-7-18(17)22-20)23-28(24,25)16-10-8-15(26-3)9-11-16/h4-11,14H,12-13H2,1-3H3,(H,21,23). The maximum atomic E-state index is 12.8. The number of hydrogen-bond donors (Lipinski definition) is 1. The van der Waals surface area contributed by atoms with Crippen LogP contribution < -0.4 is 14.2 Å². The molecule has 1 aromatic heterocycles. The van der Waals surface area contributed by atoms with Gasteiger partial charge >= 0.3 is 0 Å². The van der Waals surface area contributed by atoms with Crippen molar-refractivity contribution in [2.75, 3.05) is 18.4 Å². The van der Waals surface area contributed by atoms with Crippen molar-refractivity contribution >= 4 is 26.9 Å². The minimum absolute atomic E-state index is 0.0678. The predicted molar refractivity (Wildman–Crippen MR) is 108 cm³/mol. The molecule has 0 amide bonds. The monoisotopic (exact) mass is 401 g/mol. The number of hydrogen-bond acceptors (Lipinski definition) is 6. The lowest BCUT2D eigenvalue weighted by atomic mass is 10.1. The van der Waals surface area contributed by atoms with E-state index in [-0.39, 0.29) is 16.6 Å². The largest absolute Gasteiger partial charge is 0.497 e. The molecular weight excluding hydrogens is 378 g/mol. The van der Waals surface area contributed by atoms with Crippen LogP contribution in [0.1, 0.15) is 20.3 Å². The number of sulfonamides is 1. The Kier molecular flexibility index (Phi) is 5.99. The molecule has 2 aromatic carbocycles. The van der Waals surface area contributed by atoms with Crippen molar-refractivity contribution in [1.29, 1.82) is 0 Å². The van der Waals surface area contributed by atoms with Gasteiger partial charge in [-0.15, -0.1) is 0 Å². The van der Waals surface area contributed by atoms with Crippen molar-refractivity contribution < 1.29 is 17.9 Å². The molecule has 0 aliphatic carbocycles. The fourth-order valence-corrected chi connectivity index (χ4v) is 3.48. The van der Waals surface area contributed by atoms with Gasteiger partial charge in [-0.05, 0) is 48.7 Å². The van der Waals surface area contributed by atoms with Gasteiger partial charge in [0.05, 0.1) is 29.6 Å². The lowest BCUT2D eigenvalue weighted by molar-refractivity contribution is 0.281. The molecule has 3 aromatic rings. The first-order valence-corrected chi connectivity index (χ1v) is 10.4. The van der Waals surface area contributed by atoms with Crippen LogP contribution in [0.3, 0.4) is 0 Å². The average Bonchev–Trinajstić information content (AvgIpc) is 2.68. The zero-order chi connectivity index (χ0) is 20.1. The van der Waals surface area contributed by atoms with Gasteiger partial charge in [-0.3, -0.25) is 4.72 Å². The van der Waals surface area contributed by atoms with Gasteiger partial charge in [0, 0.05) is 0 Å². The molecule has 28 heavy (non-hydrogen) atoms. The Morgan fingerprint density at radius 3 is 2.25 bits per heavy atom. The van der Waals surface area contributed by atoms with Gasteiger partial charge in [0.25, 0.3) is 15.9 Å². The normalized spacial score (nSPS) is 11.6. The Labute approximate surface area is 164 Å². The molecule has 1 heterocycles. The molecule has 0 radical (unpaired) electrons. The van der Waals surface area contributed by atoms with Gasteiger partial charge in [-0.2, -0.15) is 0 Å². The van der Waals surface area contributed by atoms with Crippen LogP contribution in [0, 0.1) is 5.92 Å². The van der Waals surface area contributed by atoms with Crippen LogP contribution in [-0.2, 0) is 10.0 Å². The molecular formula is C20H23N3O4S. The van der Waals surface area contributed by atoms with E-state index in [1.54, 1.807) is 24.3 Å². The number of nitrogens with one attached hydrogen (secondary N) is 1. The highest BCUT2D eigenvalue weighted by atomic mass is 32.2. The van der Waals surface area contributed by atoms with Crippen molar-refractivity contribution in [1.82, 2.24) is 9.97 Å². The lowest BCUT2D eigenvalue weighted by Crippen LogP contribution is -2.16. The quantitative estimate of drug-likeness (QED) is 0.616. The third-order valence-corrected chi connectivity index (χ3v) is 5.43. The fourth-order valence-electron chi connectivity index (χ4n) is 2.48. The molecule has 0 aliphatic heterocycles. The Bertz CT molecular complexity index is 1050. The highest BCUT2D eigenvalue weighted by Crippen LogP contribution is 2.27. The molecule has 0 aliphatic rings. The van der Waals surface area contributed by atoms with E-state index in [4.69, 9.17) is 9.47 Å². The van der Waals surface area contributed by atoms with Crippen molar-refractivity contribution in [3.05, 3.63) is 48.5 Å². The van der Waals surface area contributed by atoms with Crippen LogP contribution in [-0.4, -0.2) is 32.1 Å². The summed E-state index contributed by atoms with van der Waals surface area (Å²) in [5, 5.41) is 0. The number of benzene rings is 2. The second kappa shape index (κ2) is 8.43. The number of anilines is 1. The Hall–Kier alpha value is -2.87. The van der Waals surface area contributed by atoms with E-state index in [9.17, 15) is 8.42 Å². The second-order valence-electron chi connectivity index (χ2n) is 6.68. The number of nitrogens with zero attached hydrogens (tertiary/aromatic N) is 2. The summed E-state index contributed by atoms with van der Waals surface area (Å²) in [5.74, 6) is 1.25. The molecule has 0 atom stereocenters. The van der Waals surface area contributed by atoms with E-state index >= 15 is 0 Å². The topological polar surface area (TPSA) is 90.4 Å². The predicted octanol–water partition coefficient (Wildman–Crippen LogP) is 3.86. The van der Waals surface area contributed by atoms with Crippen LogP contribution in [0.4, 0.5) is 5.82 Å². The molecule has 0 saturated carbocycles. The minimum Gasteiger partial charge on any atom is -0.497 e. The first kappa shape index (κ1) is 19.9. The molecule has 148 valence electrons. The number of aromatic nitrogens is 2. The van der Waals surface area contributed by atoms with E-state index in [2.05, 4.69) is 28.5 Å². The summed E-state index contributed by atoms with van der Waals surface area (Å²) in [5.41, 5.74) is 1.21. The Balaban J connectivity index is 1.94. The smallest absolute Gasteiger partial charge is 0.263 e. The number of ether oxygens (including phenoxy) is 2. The zero-order valence-electron chi connectivity index (χ0n) is 16.0. The van der Waals surface area contributed by atoms with Crippen molar-refractivity contribution in [2.45, 2.75) is 25.2 Å². The Morgan fingerprint density at radius 2 is 1.64 bits per heavy atom. The van der Waals surface area contributed by atoms with Crippen LogP contribution >= 0.6 is 0 Å². The first-order valence-electron chi connectivity index (χ1n) is 8.95. The third-order valence-electron chi connectivity index (χ3n) is 4.07. The van der Waals surface area contributed by atoms with Gasteiger partial charge in [0.15, 0.2) is 0 Å². The van der Waals surface area contributed by atoms with E-state index in [0.29, 0.717) is 29.3 Å². The summed E-state index contributed by atoms with van der Waals surface area (Å²) >= 11 is 0. The second-order valence-corrected chi connectivity index (χ2v) is 8.36. The van der Waals surface area contributed by atoms with Gasteiger partial charge in [-0.1, -0.05) is 26.0 Å². The summed E-state index contributed by atoms with van der Waals surface area (Å²) in [6.45, 7) is 4.59. The maximum absolute atomic E-state index is 12.8. The fraction of sp³-hybridized carbons (Fsp3) is 0.300. The van der Waals surface area contributed by atoms with Crippen LogP contribution in [0.25, 0.3) is 11.0 Å². The summed E-state index contributed by atoms with van der Waals surface area (Å²) < 4.78 is 38.9. The highest BCUT2D eigenvalue weighted by Gasteiger charge is 2.20. The van der Waals surface area contributed by atoms with Crippen molar-refractivity contribution in [3.63, 3.8) is 0 Å². The van der Waals surface area contributed by atoms with Gasteiger partial charge in [-0.25, -0.2) is 18.4 Å². The minimum atomic E-state index is -3.86. The molecule has 0 bridgehead atoms. The summed E-state index contributed by atoms with van der Waals surface area (Å²) in [7, 11) is -2.34. The van der Waals surface area contributed by atoms with Gasteiger partial charge < -0.3 is 9.47 Å². The zero-order valence-corrected chi connectivity index (χ0v) is 16.9. The van der Waals surface area contributed by atoms with Gasteiger partial charge in [0.2, 0.25) is 5.82 Å². The van der Waals surface area contributed by atoms with E-state index in [1.165, 1.54) is 19.2 Å². The molecule has 0 unspecified atom stereocenters. The summed E-state index contributed by atoms with van der Waals surface area (Å²) in [6.07, 6.45) is 0.819. The van der Waals surface area contributed by atoms with E-state index < -0.39 is 10.0 Å². The van der Waals surface area contributed by atoms with Gasteiger partial charge in [0.1, 0.15) is 5.75 Å². The van der Waals surface area contributed by atoms with Crippen molar-refractivity contribution in [2.24, 2.45) is 5.92 Å². The van der Waals surface area contributed by atoms with Crippen molar-refractivity contribution in [3.8, 4) is 11.6 Å². The van der Waals surface area contributed by atoms with E-state index in [1.807, 2.05) is 12.1 Å². The molecule has 0 fully saturated rings. The first-order chi connectivity index (χ1) is 13.4. The molecule has 3 rings (SSSR count). The number of rotatable bonds is 8. The molecule has 7 nitrogen and oxygen atoms in total. The summed E-state index contributed by atoms with van der Waals surface area (Å²) in [6, 6.07) is 13.3. The van der Waals surface area contributed by atoms with Crippen LogP contribution in [0.5, 0.6) is 11.6 Å². The molecule has 8 heteroatoms. The highest BCUT2D eigenvalue weighted by molar-refractivity contribution is 7.92. The Morgan fingerprint density at radius 1 is 1.00 bits per heavy atom. The lowest BCUT2D eigenvalue weighted by Gasteiger charge is -2.14. The average molecular weight is 401 g/mol. The molecule has 0 spiro atoms. The number of para-hydroxylation sites is 2. The van der Waals surface area contributed by atoms with Crippen LogP contribution in [0.2, 0.25) is 0 Å². The number of methoxy groups -OCH3 is 1. The molecule has 0 saturated heterocycles.